The predicted octanol–water partition coefficient (Wildman–Crippen LogP) is 2.88. The van der Waals surface area contributed by atoms with Gasteiger partial charge in [-0.05, 0) is 37.0 Å². The zero-order chi connectivity index (χ0) is 23.4. The van der Waals surface area contributed by atoms with Crippen molar-refractivity contribution in [1.29, 1.82) is 0 Å². The molecular formula is C23H33ClN2O5. The van der Waals surface area contributed by atoms with Crippen molar-refractivity contribution in [2.45, 2.75) is 59.1 Å². The average Bonchev–Trinajstić information content (AvgIpc) is 2.68. The number of amides is 2. The minimum Gasteiger partial charge on any atom is -0.466 e. The zero-order valence-corrected chi connectivity index (χ0v) is 19.7. The summed E-state index contributed by atoms with van der Waals surface area (Å²) in [5.74, 6) is -1.56. The summed E-state index contributed by atoms with van der Waals surface area (Å²) in [4.78, 5) is 38.8. The summed E-state index contributed by atoms with van der Waals surface area (Å²) >= 11 is 5.99. The molecule has 8 heteroatoms. The fourth-order valence-corrected chi connectivity index (χ4v) is 4.17. The molecule has 31 heavy (non-hydrogen) atoms. The van der Waals surface area contributed by atoms with Gasteiger partial charge in [0.1, 0.15) is 12.5 Å². The Morgan fingerprint density at radius 3 is 2.35 bits per heavy atom. The highest BCUT2D eigenvalue weighted by atomic mass is 35.5. The number of carbonyl (C=O) groups excluding carboxylic acids is 3. The van der Waals surface area contributed by atoms with E-state index in [0.717, 1.165) is 5.56 Å². The molecule has 0 radical (unpaired) electrons. The molecule has 0 unspecified atom stereocenters. The number of carbonyl (C=O) groups is 3. The van der Waals surface area contributed by atoms with Crippen molar-refractivity contribution in [3.63, 3.8) is 0 Å². The molecule has 172 valence electrons. The second-order valence-electron chi connectivity index (χ2n) is 9.03. The lowest BCUT2D eigenvalue weighted by atomic mass is 9.66. The number of hydrogen-bond acceptors (Lipinski definition) is 5. The van der Waals surface area contributed by atoms with E-state index in [1.165, 1.54) is 0 Å². The zero-order valence-electron chi connectivity index (χ0n) is 18.9. The summed E-state index contributed by atoms with van der Waals surface area (Å²) in [6.45, 7) is 10.0. The van der Waals surface area contributed by atoms with Gasteiger partial charge in [-0.15, -0.1) is 0 Å². The van der Waals surface area contributed by atoms with Gasteiger partial charge in [0.2, 0.25) is 11.8 Å². The van der Waals surface area contributed by atoms with E-state index >= 15 is 0 Å². The van der Waals surface area contributed by atoms with E-state index < -0.39 is 35.4 Å². The van der Waals surface area contributed by atoms with Crippen molar-refractivity contribution in [1.82, 2.24) is 10.2 Å². The van der Waals surface area contributed by atoms with Crippen molar-refractivity contribution >= 4 is 29.4 Å². The number of halogens is 1. The second kappa shape index (κ2) is 10.0. The molecule has 0 aliphatic carbocycles. The highest BCUT2D eigenvalue weighted by Crippen LogP contribution is 2.46. The van der Waals surface area contributed by atoms with Crippen LogP contribution in [0.2, 0.25) is 5.02 Å². The average molecular weight is 453 g/mol. The van der Waals surface area contributed by atoms with Gasteiger partial charge in [-0.25, -0.2) is 0 Å². The number of piperidine rings is 1. The van der Waals surface area contributed by atoms with Crippen LogP contribution in [0.3, 0.4) is 0 Å². The molecule has 0 bridgehead atoms. The molecule has 0 spiro atoms. The number of benzene rings is 1. The molecule has 1 aliphatic heterocycles. The first kappa shape index (κ1) is 25.1. The van der Waals surface area contributed by atoms with Crippen LogP contribution in [0, 0.1) is 11.3 Å². The lowest BCUT2D eigenvalue weighted by molar-refractivity contribution is -0.157. The Hall–Kier alpha value is -2.12. The lowest BCUT2D eigenvalue weighted by Crippen LogP contribution is -2.60. The third-order valence-electron chi connectivity index (χ3n) is 5.94. The van der Waals surface area contributed by atoms with Crippen molar-refractivity contribution < 1.29 is 24.2 Å². The molecule has 7 nitrogen and oxygen atoms in total. The monoisotopic (exact) mass is 452 g/mol. The largest absolute Gasteiger partial charge is 0.466 e. The Bertz CT molecular complexity index is 809. The first-order chi connectivity index (χ1) is 14.4. The summed E-state index contributed by atoms with van der Waals surface area (Å²) in [6, 6.07) is 6.36. The fourth-order valence-electron chi connectivity index (χ4n) is 4.05. The third-order valence-corrected chi connectivity index (χ3v) is 6.19. The fraction of sp³-hybridized carbons (Fsp3) is 0.609. The molecule has 0 aromatic heterocycles. The van der Waals surface area contributed by atoms with E-state index in [-0.39, 0.29) is 18.4 Å². The lowest BCUT2D eigenvalue weighted by Gasteiger charge is -2.51. The molecule has 1 aliphatic rings. The summed E-state index contributed by atoms with van der Waals surface area (Å²) < 4.78 is 4.80. The molecular weight excluding hydrogens is 420 g/mol. The van der Waals surface area contributed by atoms with Crippen LogP contribution in [0.4, 0.5) is 0 Å². The van der Waals surface area contributed by atoms with Crippen molar-refractivity contribution in [2.75, 3.05) is 19.7 Å². The number of rotatable bonds is 7. The SMILES string of the molecule is CCOC(=O)CC(=O)N[C@@H](C(=O)N1CC[C@](O)(c2ccc(Cl)cc2)C(C)(C)C1)C(C)C. The smallest absolute Gasteiger partial charge is 0.315 e. The van der Waals surface area contributed by atoms with Gasteiger partial charge in [-0.3, -0.25) is 14.4 Å². The number of hydrogen-bond donors (Lipinski definition) is 2. The Morgan fingerprint density at radius 2 is 1.84 bits per heavy atom. The van der Waals surface area contributed by atoms with Gasteiger partial charge in [-0.2, -0.15) is 0 Å². The topological polar surface area (TPSA) is 95.9 Å². The predicted molar refractivity (Wildman–Crippen MR) is 118 cm³/mol. The number of ether oxygens (including phenoxy) is 1. The Balaban J connectivity index is 2.13. The summed E-state index contributed by atoms with van der Waals surface area (Å²) in [6.07, 6.45) is -0.0683. The number of likely N-dealkylation sites (tertiary alicyclic amines) is 1. The maximum atomic E-state index is 13.3. The number of esters is 1. The first-order valence-corrected chi connectivity index (χ1v) is 11.0. The van der Waals surface area contributed by atoms with Gasteiger partial charge in [-0.1, -0.05) is 51.4 Å². The maximum absolute atomic E-state index is 13.3. The van der Waals surface area contributed by atoms with Crippen molar-refractivity contribution in [3.05, 3.63) is 34.9 Å². The molecule has 1 heterocycles. The number of nitrogens with zero attached hydrogens (tertiary/aromatic N) is 1. The van der Waals surface area contributed by atoms with E-state index in [2.05, 4.69) is 5.32 Å². The molecule has 2 atom stereocenters. The molecule has 2 amide bonds. The molecule has 0 saturated carbocycles. The van der Waals surface area contributed by atoms with E-state index in [1.54, 1.807) is 24.0 Å². The number of nitrogens with one attached hydrogen (secondary N) is 1. The second-order valence-corrected chi connectivity index (χ2v) is 9.47. The maximum Gasteiger partial charge on any atom is 0.315 e. The van der Waals surface area contributed by atoms with Gasteiger partial charge >= 0.3 is 5.97 Å². The van der Waals surface area contributed by atoms with Crippen LogP contribution in [0.5, 0.6) is 0 Å². The van der Waals surface area contributed by atoms with Crippen LogP contribution in [-0.4, -0.2) is 53.5 Å². The first-order valence-electron chi connectivity index (χ1n) is 10.6. The van der Waals surface area contributed by atoms with Crippen LogP contribution in [0.1, 0.15) is 53.0 Å². The van der Waals surface area contributed by atoms with E-state index in [1.807, 2.05) is 39.8 Å². The van der Waals surface area contributed by atoms with Crippen LogP contribution in [0.25, 0.3) is 0 Å². The van der Waals surface area contributed by atoms with Gasteiger partial charge in [0, 0.05) is 23.5 Å². The van der Waals surface area contributed by atoms with Crippen LogP contribution < -0.4 is 5.32 Å². The molecule has 1 aromatic rings. The van der Waals surface area contributed by atoms with Gasteiger partial charge in [0.05, 0.1) is 12.2 Å². The van der Waals surface area contributed by atoms with E-state index in [9.17, 15) is 19.5 Å². The van der Waals surface area contributed by atoms with Gasteiger partial charge < -0.3 is 20.1 Å². The molecule has 1 saturated heterocycles. The van der Waals surface area contributed by atoms with Gasteiger partial charge in [0.15, 0.2) is 0 Å². The van der Waals surface area contributed by atoms with Crippen LogP contribution in [0.15, 0.2) is 24.3 Å². The van der Waals surface area contributed by atoms with Crippen LogP contribution >= 0.6 is 11.6 Å². The van der Waals surface area contributed by atoms with Gasteiger partial charge in [0.25, 0.3) is 0 Å². The Labute approximate surface area is 189 Å². The van der Waals surface area contributed by atoms with Crippen molar-refractivity contribution in [3.8, 4) is 0 Å². The third kappa shape index (κ3) is 5.77. The standard InChI is InChI=1S/C23H33ClN2O5/c1-6-31-19(28)13-18(27)25-20(15(2)3)21(29)26-12-11-23(30,22(4,5)14-26)16-7-9-17(24)10-8-16/h7-10,15,20,30H,6,11-14H2,1-5H3,(H,25,27)/t20-,23+/m1/s1. The molecule has 1 fully saturated rings. The Morgan fingerprint density at radius 1 is 1.23 bits per heavy atom. The number of aliphatic hydroxyl groups is 1. The summed E-state index contributed by atoms with van der Waals surface area (Å²) in [7, 11) is 0. The van der Waals surface area contributed by atoms with Crippen LogP contribution in [-0.2, 0) is 24.7 Å². The quantitative estimate of drug-likeness (QED) is 0.490. The molecule has 1 aromatic carbocycles. The molecule has 2 N–H and O–H groups in total. The van der Waals surface area contributed by atoms with Crippen molar-refractivity contribution in [2.24, 2.45) is 11.3 Å². The van der Waals surface area contributed by atoms with E-state index in [4.69, 9.17) is 16.3 Å². The minimum atomic E-state index is -1.12. The minimum absolute atomic E-state index is 0.168. The molecule has 2 rings (SSSR count). The normalized spacial score (nSPS) is 21.5. The highest BCUT2D eigenvalue weighted by molar-refractivity contribution is 6.30. The van der Waals surface area contributed by atoms with E-state index in [0.29, 0.717) is 24.5 Å². The highest BCUT2D eigenvalue weighted by Gasteiger charge is 2.50. The Kier molecular flexibility index (Phi) is 8.11. The summed E-state index contributed by atoms with van der Waals surface area (Å²) in [5.41, 5.74) is -0.989. The summed E-state index contributed by atoms with van der Waals surface area (Å²) in [5, 5.41) is 14.8.